The average molecular weight is 360 g/mol. The molecule has 0 aliphatic carbocycles. The van der Waals surface area contributed by atoms with Crippen molar-refractivity contribution in [3.8, 4) is 0 Å². The second-order valence-electron chi connectivity index (χ2n) is 4.82. The van der Waals surface area contributed by atoms with Gasteiger partial charge in [0.2, 0.25) is 5.91 Å². The molecule has 1 aliphatic rings. The number of halogens is 2. The normalized spacial score (nSPS) is 16.8. The van der Waals surface area contributed by atoms with E-state index in [1.54, 1.807) is 23.1 Å². The van der Waals surface area contributed by atoms with Gasteiger partial charge in [-0.25, -0.2) is 0 Å². The van der Waals surface area contributed by atoms with Crippen LogP contribution in [-0.2, 0) is 16.1 Å². The lowest BCUT2D eigenvalue weighted by atomic mass is 10.2. The summed E-state index contributed by atoms with van der Waals surface area (Å²) in [5.74, 6) is 0.422. The maximum atomic E-state index is 12.0. The van der Waals surface area contributed by atoms with E-state index in [4.69, 9.17) is 4.74 Å². The molecular formula is C14H19Cl2N5O2. The molecule has 126 valence electrons. The minimum Gasteiger partial charge on any atom is -0.378 e. The molecule has 1 aliphatic heterocycles. The number of ether oxygens (including phenoxy) is 1. The maximum Gasteiger partial charge on any atom is 0.245 e. The lowest BCUT2D eigenvalue weighted by Gasteiger charge is -2.22. The van der Waals surface area contributed by atoms with Gasteiger partial charge in [-0.2, -0.15) is 5.10 Å². The molecule has 7 nitrogen and oxygen atoms in total. The third-order valence-corrected chi connectivity index (χ3v) is 3.22. The van der Waals surface area contributed by atoms with E-state index in [0.29, 0.717) is 32.1 Å². The highest BCUT2D eigenvalue weighted by molar-refractivity contribution is 5.94. The van der Waals surface area contributed by atoms with Crippen LogP contribution in [0.15, 0.2) is 36.8 Å². The average Bonchev–Trinajstić information content (AvgIpc) is 2.96. The van der Waals surface area contributed by atoms with Gasteiger partial charge in [0.1, 0.15) is 6.04 Å². The summed E-state index contributed by atoms with van der Waals surface area (Å²) in [5, 5.41) is 10.2. The zero-order valence-electron chi connectivity index (χ0n) is 12.3. The van der Waals surface area contributed by atoms with Crippen LogP contribution in [-0.4, -0.2) is 46.5 Å². The molecule has 1 atom stereocenters. The van der Waals surface area contributed by atoms with Crippen molar-refractivity contribution >= 4 is 36.5 Å². The van der Waals surface area contributed by atoms with Crippen LogP contribution in [0.25, 0.3) is 0 Å². The second kappa shape index (κ2) is 9.46. The maximum absolute atomic E-state index is 12.0. The fourth-order valence-corrected chi connectivity index (χ4v) is 2.14. The molecule has 0 saturated carbocycles. The fraction of sp³-hybridized carbons (Fsp3) is 0.357. The van der Waals surface area contributed by atoms with Crippen molar-refractivity contribution in [2.45, 2.75) is 12.6 Å². The summed E-state index contributed by atoms with van der Waals surface area (Å²) in [5.41, 5.74) is 1.10. The van der Waals surface area contributed by atoms with Crippen molar-refractivity contribution < 1.29 is 9.53 Å². The highest BCUT2D eigenvalue weighted by Gasteiger charge is 2.21. The molecular weight excluding hydrogens is 341 g/mol. The molecule has 1 saturated heterocycles. The molecule has 1 amide bonds. The van der Waals surface area contributed by atoms with Crippen molar-refractivity contribution in [2.75, 3.05) is 25.1 Å². The van der Waals surface area contributed by atoms with Gasteiger partial charge in [-0.1, -0.05) is 0 Å². The lowest BCUT2D eigenvalue weighted by Crippen LogP contribution is -2.48. The SMILES string of the molecule is Cl.Cl.O=C(Nc1ccn(Cc2ccncc2)n1)C1COCCN1. The minimum absolute atomic E-state index is 0. The number of pyridine rings is 1. The van der Waals surface area contributed by atoms with Crippen LogP contribution in [0.5, 0.6) is 0 Å². The van der Waals surface area contributed by atoms with Crippen LogP contribution in [0.1, 0.15) is 5.56 Å². The van der Waals surface area contributed by atoms with E-state index in [9.17, 15) is 4.79 Å². The van der Waals surface area contributed by atoms with Gasteiger partial charge >= 0.3 is 0 Å². The summed E-state index contributed by atoms with van der Waals surface area (Å²) in [6, 6.07) is 5.33. The van der Waals surface area contributed by atoms with Crippen molar-refractivity contribution in [1.29, 1.82) is 0 Å². The van der Waals surface area contributed by atoms with Gasteiger partial charge in [0.15, 0.2) is 5.82 Å². The Morgan fingerprint density at radius 3 is 2.83 bits per heavy atom. The van der Waals surface area contributed by atoms with Crippen molar-refractivity contribution in [3.63, 3.8) is 0 Å². The van der Waals surface area contributed by atoms with Crippen LogP contribution in [0.2, 0.25) is 0 Å². The van der Waals surface area contributed by atoms with E-state index < -0.39 is 0 Å². The van der Waals surface area contributed by atoms with Crippen LogP contribution in [0, 0.1) is 0 Å². The zero-order valence-corrected chi connectivity index (χ0v) is 14.0. The van der Waals surface area contributed by atoms with E-state index in [1.807, 2.05) is 18.3 Å². The molecule has 1 fully saturated rings. The molecule has 2 N–H and O–H groups in total. The van der Waals surface area contributed by atoms with E-state index in [1.165, 1.54) is 0 Å². The number of morpholine rings is 1. The minimum atomic E-state index is -0.316. The van der Waals surface area contributed by atoms with Gasteiger partial charge in [0, 0.05) is 31.2 Å². The quantitative estimate of drug-likeness (QED) is 0.854. The Balaban J connectivity index is 0.00000132. The van der Waals surface area contributed by atoms with Crippen molar-refractivity contribution in [2.24, 2.45) is 0 Å². The molecule has 3 heterocycles. The molecule has 2 aromatic heterocycles. The molecule has 0 bridgehead atoms. The van der Waals surface area contributed by atoms with Crippen molar-refractivity contribution in [3.05, 3.63) is 42.4 Å². The highest BCUT2D eigenvalue weighted by atomic mass is 35.5. The number of amides is 1. The highest BCUT2D eigenvalue weighted by Crippen LogP contribution is 2.07. The number of carbonyl (C=O) groups excluding carboxylic acids is 1. The third-order valence-electron chi connectivity index (χ3n) is 3.22. The topological polar surface area (TPSA) is 81.1 Å². The van der Waals surface area contributed by atoms with Gasteiger partial charge in [-0.05, 0) is 17.7 Å². The Morgan fingerprint density at radius 1 is 1.35 bits per heavy atom. The summed E-state index contributed by atoms with van der Waals surface area (Å²) >= 11 is 0. The van der Waals surface area contributed by atoms with E-state index in [2.05, 4.69) is 20.7 Å². The molecule has 3 rings (SSSR count). The van der Waals surface area contributed by atoms with Crippen molar-refractivity contribution in [1.82, 2.24) is 20.1 Å². The summed E-state index contributed by atoms with van der Waals surface area (Å²) in [6.07, 6.45) is 5.33. The first-order valence-electron chi connectivity index (χ1n) is 6.85. The molecule has 2 aromatic rings. The second-order valence-corrected chi connectivity index (χ2v) is 4.82. The number of hydrogen-bond acceptors (Lipinski definition) is 5. The van der Waals surface area contributed by atoms with Crippen LogP contribution in [0.3, 0.4) is 0 Å². The number of hydrogen-bond donors (Lipinski definition) is 2. The Kier molecular flexibility index (Phi) is 7.97. The predicted molar refractivity (Wildman–Crippen MR) is 91.3 cm³/mol. The monoisotopic (exact) mass is 359 g/mol. The number of carbonyl (C=O) groups is 1. The number of anilines is 1. The Morgan fingerprint density at radius 2 is 2.13 bits per heavy atom. The van der Waals surface area contributed by atoms with Crippen LogP contribution < -0.4 is 10.6 Å². The van der Waals surface area contributed by atoms with Gasteiger partial charge < -0.3 is 15.4 Å². The number of rotatable bonds is 4. The lowest BCUT2D eigenvalue weighted by molar-refractivity contribution is -0.120. The molecule has 0 spiro atoms. The van der Waals surface area contributed by atoms with Gasteiger partial charge in [0.25, 0.3) is 0 Å². The molecule has 0 aromatic carbocycles. The summed E-state index contributed by atoms with van der Waals surface area (Å²) in [7, 11) is 0. The van der Waals surface area contributed by atoms with E-state index in [-0.39, 0.29) is 36.8 Å². The number of nitrogens with zero attached hydrogens (tertiary/aromatic N) is 3. The fourth-order valence-electron chi connectivity index (χ4n) is 2.14. The first-order valence-corrected chi connectivity index (χ1v) is 6.85. The summed E-state index contributed by atoms with van der Waals surface area (Å²) < 4.78 is 7.04. The molecule has 1 unspecified atom stereocenters. The van der Waals surface area contributed by atoms with Crippen LogP contribution >= 0.6 is 24.8 Å². The standard InChI is InChI=1S/C14H17N5O2.2ClH/c20-14(12-10-21-8-6-16-12)17-13-3-7-19(18-13)9-11-1-4-15-5-2-11;;/h1-5,7,12,16H,6,8-10H2,(H,17,18,20);2*1H. The summed E-state index contributed by atoms with van der Waals surface area (Å²) in [4.78, 5) is 16.0. The smallest absolute Gasteiger partial charge is 0.245 e. The van der Waals surface area contributed by atoms with Crippen LogP contribution in [0.4, 0.5) is 5.82 Å². The predicted octanol–water partition coefficient (Wildman–Crippen LogP) is 1.10. The largest absolute Gasteiger partial charge is 0.378 e. The first-order chi connectivity index (χ1) is 10.3. The van der Waals surface area contributed by atoms with E-state index in [0.717, 1.165) is 5.56 Å². The number of nitrogens with one attached hydrogen (secondary N) is 2. The number of aromatic nitrogens is 3. The molecule has 9 heteroatoms. The Hall–Kier alpha value is -1.67. The summed E-state index contributed by atoms with van der Waals surface area (Å²) in [6.45, 7) is 2.37. The Bertz CT molecular complexity index is 602. The Labute approximate surface area is 146 Å². The van der Waals surface area contributed by atoms with E-state index >= 15 is 0 Å². The van der Waals surface area contributed by atoms with Gasteiger partial charge in [-0.15, -0.1) is 24.8 Å². The van der Waals surface area contributed by atoms with Gasteiger partial charge in [0.05, 0.1) is 19.8 Å². The van der Waals surface area contributed by atoms with Gasteiger partial charge in [-0.3, -0.25) is 14.5 Å². The molecule has 0 radical (unpaired) electrons. The zero-order chi connectivity index (χ0) is 14.5. The third kappa shape index (κ3) is 5.47. The first kappa shape index (κ1) is 19.4. The molecule has 23 heavy (non-hydrogen) atoms.